The molecule has 0 aliphatic rings. The van der Waals surface area contributed by atoms with Crippen molar-refractivity contribution >= 4 is 12.2 Å². The molecular weight excluding hydrogens is 340 g/mol. The van der Waals surface area contributed by atoms with Crippen LogP contribution in [0, 0.1) is 4.77 Å². The van der Waals surface area contributed by atoms with Gasteiger partial charge in [0.2, 0.25) is 0 Å². The van der Waals surface area contributed by atoms with E-state index in [1.807, 2.05) is 0 Å². The third-order valence-electron chi connectivity index (χ3n) is 5.26. The summed E-state index contributed by atoms with van der Waals surface area (Å²) in [5, 5.41) is 0. The lowest BCUT2D eigenvalue weighted by Crippen LogP contribution is -2.17. The van der Waals surface area contributed by atoms with Gasteiger partial charge in [-0.3, -0.25) is 9.78 Å². The second-order valence-electron chi connectivity index (χ2n) is 7.57. The van der Waals surface area contributed by atoms with E-state index in [0.29, 0.717) is 4.77 Å². The largest absolute Gasteiger partial charge is 0.336 e. The van der Waals surface area contributed by atoms with E-state index in [4.69, 9.17) is 12.2 Å². The van der Waals surface area contributed by atoms with E-state index in [9.17, 15) is 4.79 Å². The molecule has 0 saturated carbocycles. The molecule has 0 spiro atoms. The van der Waals surface area contributed by atoms with Crippen molar-refractivity contribution in [3.63, 3.8) is 0 Å². The van der Waals surface area contributed by atoms with Crippen LogP contribution in [0.2, 0.25) is 0 Å². The number of aromatic amines is 2. The summed E-state index contributed by atoms with van der Waals surface area (Å²) < 4.78 is 0.441. The molecule has 150 valence electrons. The molecule has 26 heavy (non-hydrogen) atoms. The van der Waals surface area contributed by atoms with Gasteiger partial charge in [0.25, 0.3) is 5.56 Å². The Morgan fingerprint density at radius 3 is 1.62 bits per heavy atom. The van der Waals surface area contributed by atoms with Gasteiger partial charge in [-0.15, -0.1) is 0 Å². The van der Waals surface area contributed by atoms with E-state index in [2.05, 4.69) is 23.8 Å². The monoisotopic (exact) mass is 380 g/mol. The molecule has 0 amide bonds. The predicted octanol–water partition coefficient (Wildman–Crippen LogP) is 7.02. The number of aryl methyl sites for hydroxylation is 1. The predicted molar refractivity (Wildman–Crippen MR) is 116 cm³/mol. The van der Waals surface area contributed by atoms with E-state index < -0.39 is 0 Å². The van der Waals surface area contributed by atoms with Crippen LogP contribution >= 0.6 is 12.2 Å². The third kappa shape index (κ3) is 10.3. The maximum absolute atomic E-state index is 12.0. The Labute approximate surface area is 165 Å². The highest BCUT2D eigenvalue weighted by Crippen LogP contribution is 2.14. The van der Waals surface area contributed by atoms with Gasteiger partial charge in [-0.1, -0.05) is 97.3 Å². The van der Waals surface area contributed by atoms with Crippen LogP contribution in [0.25, 0.3) is 0 Å². The first-order valence-corrected chi connectivity index (χ1v) is 11.4. The second kappa shape index (κ2) is 15.2. The SMILES string of the molecule is CCCCCCCCCCCCCCCCc1c(CC)[nH]c(=S)[nH]c1=O. The summed E-state index contributed by atoms with van der Waals surface area (Å²) in [5.74, 6) is 0. The van der Waals surface area contributed by atoms with Crippen molar-refractivity contribution < 1.29 is 0 Å². The number of nitrogens with one attached hydrogen (secondary N) is 2. The van der Waals surface area contributed by atoms with Gasteiger partial charge in [-0.2, -0.15) is 0 Å². The van der Waals surface area contributed by atoms with Crippen molar-refractivity contribution in [2.24, 2.45) is 0 Å². The minimum Gasteiger partial charge on any atom is -0.336 e. The first-order valence-electron chi connectivity index (χ1n) is 11.0. The van der Waals surface area contributed by atoms with E-state index >= 15 is 0 Å². The maximum atomic E-state index is 12.0. The molecule has 0 fully saturated rings. The molecule has 3 nitrogen and oxygen atoms in total. The van der Waals surface area contributed by atoms with Gasteiger partial charge < -0.3 is 4.98 Å². The van der Waals surface area contributed by atoms with Crippen molar-refractivity contribution in [3.8, 4) is 0 Å². The summed E-state index contributed by atoms with van der Waals surface area (Å²) in [6.07, 6.45) is 20.7. The zero-order valence-electron chi connectivity index (χ0n) is 17.1. The fraction of sp³-hybridized carbons (Fsp3) is 0.818. The fourth-order valence-corrected chi connectivity index (χ4v) is 3.84. The molecule has 1 rings (SSSR count). The van der Waals surface area contributed by atoms with E-state index in [-0.39, 0.29) is 5.56 Å². The maximum Gasteiger partial charge on any atom is 0.255 e. The number of hydrogen-bond donors (Lipinski definition) is 2. The Kier molecular flexibility index (Phi) is 13.5. The fourth-order valence-electron chi connectivity index (χ4n) is 3.62. The number of rotatable bonds is 16. The Hall–Kier alpha value is -0.900. The lowest BCUT2D eigenvalue weighted by molar-refractivity contribution is 0.535. The standard InChI is InChI=1S/C22H40N2OS/c1-3-5-6-7-8-9-10-11-12-13-14-15-16-17-18-19-20(4-2)23-22(26)24-21(19)25/h3-18H2,1-2H3,(H2,23,24,25,26). The topological polar surface area (TPSA) is 48.6 Å². The molecule has 0 radical (unpaired) electrons. The van der Waals surface area contributed by atoms with Crippen LogP contribution in [0.15, 0.2) is 4.79 Å². The summed E-state index contributed by atoms with van der Waals surface area (Å²) in [5.41, 5.74) is 1.91. The molecular formula is C22H40N2OS. The van der Waals surface area contributed by atoms with Crippen molar-refractivity contribution in [1.29, 1.82) is 0 Å². The van der Waals surface area contributed by atoms with Gasteiger partial charge in [-0.05, 0) is 31.5 Å². The van der Waals surface area contributed by atoms with Crippen LogP contribution in [-0.2, 0) is 12.8 Å². The van der Waals surface area contributed by atoms with E-state index in [0.717, 1.165) is 30.5 Å². The summed E-state index contributed by atoms with van der Waals surface area (Å²) in [6, 6.07) is 0. The Balaban J connectivity index is 1.99. The first kappa shape index (κ1) is 23.1. The van der Waals surface area contributed by atoms with Gasteiger partial charge in [0.15, 0.2) is 4.77 Å². The highest BCUT2D eigenvalue weighted by molar-refractivity contribution is 7.71. The molecule has 0 saturated heterocycles. The molecule has 4 heteroatoms. The van der Waals surface area contributed by atoms with Crippen LogP contribution in [0.4, 0.5) is 0 Å². The molecule has 1 heterocycles. The number of H-pyrrole nitrogens is 2. The normalized spacial score (nSPS) is 11.2. The lowest BCUT2D eigenvalue weighted by atomic mass is 10.0. The minimum atomic E-state index is 0.000272. The van der Waals surface area contributed by atoms with Gasteiger partial charge in [0.1, 0.15) is 0 Å². The Morgan fingerprint density at radius 1 is 0.692 bits per heavy atom. The average molecular weight is 381 g/mol. The van der Waals surface area contributed by atoms with Crippen molar-refractivity contribution in [2.75, 3.05) is 0 Å². The average Bonchev–Trinajstić information content (AvgIpc) is 2.63. The van der Waals surface area contributed by atoms with Crippen molar-refractivity contribution in [2.45, 2.75) is 117 Å². The molecule has 1 aromatic heterocycles. The first-order chi connectivity index (χ1) is 12.7. The minimum absolute atomic E-state index is 0.000272. The zero-order chi connectivity index (χ0) is 19.0. The summed E-state index contributed by atoms with van der Waals surface area (Å²) in [6.45, 7) is 4.34. The summed E-state index contributed by atoms with van der Waals surface area (Å²) in [7, 11) is 0. The number of aromatic nitrogens is 2. The van der Waals surface area contributed by atoms with Crippen LogP contribution in [-0.4, -0.2) is 9.97 Å². The number of unbranched alkanes of at least 4 members (excludes halogenated alkanes) is 13. The second-order valence-corrected chi connectivity index (χ2v) is 7.97. The summed E-state index contributed by atoms with van der Waals surface area (Å²) in [4.78, 5) is 17.9. The summed E-state index contributed by atoms with van der Waals surface area (Å²) >= 11 is 5.05. The molecule has 0 aliphatic carbocycles. The Morgan fingerprint density at radius 2 is 1.15 bits per heavy atom. The van der Waals surface area contributed by atoms with E-state index in [1.54, 1.807) is 0 Å². The molecule has 0 atom stereocenters. The highest BCUT2D eigenvalue weighted by Gasteiger charge is 2.06. The van der Waals surface area contributed by atoms with Gasteiger partial charge in [-0.25, -0.2) is 0 Å². The Bertz CT molecular complexity index is 576. The van der Waals surface area contributed by atoms with Crippen molar-refractivity contribution in [3.05, 3.63) is 26.4 Å². The molecule has 0 aliphatic heterocycles. The zero-order valence-corrected chi connectivity index (χ0v) is 17.9. The van der Waals surface area contributed by atoms with Crippen LogP contribution in [0.3, 0.4) is 0 Å². The smallest absolute Gasteiger partial charge is 0.255 e. The molecule has 0 aromatic carbocycles. The van der Waals surface area contributed by atoms with E-state index in [1.165, 1.54) is 83.5 Å². The van der Waals surface area contributed by atoms with Gasteiger partial charge in [0.05, 0.1) is 0 Å². The van der Waals surface area contributed by atoms with Crippen molar-refractivity contribution in [1.82, 2.24) is 9.97 Å². The van der Waals surface area contributed by atoms with Crippen LogP contribution in [0.5, 0.6) is 0 Å². The highest BCUT2D eigenvalue weighted by atomic mass is 32.1. The third-order valence-corrected chi connectivity index (χ3v) is 5.47. The van der Waals surface area contributed by atoms with Gasteiger partial charge in [0, 0.05) is 11.3 Å². The molecule has 1 aromatic rings. The quantitative estimate of drug-likeness (QED) is 0.239. The molecule has 0 unspecified atom stereocenters. The van der Waals surface area contributed by atoms with Gasteiger partial charge >= 0.3 is 0 Å². The van der Waals surface area contributed by atoms with Crippen LogP contribution in [0.1, 0.15) is 115 Å². The number of hydrogen-bond acceptors (Lipinski definition) is 2. The van der Waals surface area contributed by atoms with Crippen LogP contribution < -0.4 is 5.56 Å². The lowest BCUT2D eigenvalue weighted by Gasteiger charge is -2.07. The molecule has 2 N–H and O–H groups in total. The molecule has 0 bridgehead atoms.